The molecule has 1 aromatic heterocycles. The molecule has 1 unspecified atom stereocenters. The second kappa shape index (κ2) is 6.52. The molecule has 5 nitrogen and oxygen atoms in total. The standard InChI is InChI=1S/C14H21N3O2/c1-2-16-13-9-15-6-3-12(13)14(19)17-7-4-11(10-17)5-8-18/h3,6,9,11,16,18H,2,4-5,7-8,10H2,1H3. The molecular formula is C14H21N3O2. The number of amides is 1. The molecule has 0 saturated carbocycles. The number of carbonyl (C=O) groups excluding carboxylic acids is 1. The SMILES string of the molecule is CCNc1cnccc1C(=O)N1CCC(CCO)C1. The highest BCUT2D eigenvalue weighted by Gasteiger charge is 2.27. The molecule has 5 heteroatoms. The monoisotopic (exact) mass is 263 g/mol. The van der Waals surface area contributed by atoms with Crippen molar-refractivity contribution in [3.63, 3.8) is 0 Å². The number of aromatic nitrogens is 1. The van der Waals surface area contributed by atoms with Gasteiger partial charge in [0, 0.05) is 32.4 Å². The quantitative estimate of drug-likeness (QED) is 0.842. The van der Waals surface area contributed by atoms with Crippen molar-refractivity contribution < 1.29 is 9.90 Å². The van der Waals surface area contributed by atoms with Gasteiger partial charge in [0.15, 0.2) is 0 Å². The Bertz CT molecular complexity index is 436. The minimum absolute atomic E-state index is 0.0544. The summed E-state index contributed by atoms with van der Waals surface area (Å²) >= 11 is 0. The summed E-state index contributed by atoms with van der Waals surface area (Å²) in [5.41, 5.74) is 1.47. The molecule has 1 atom stereocenters. The van der Waals surface area contributed by atoms with Gasteiger partial charge >= 0.3 is 0 Å². The lowest BCUT2D eigenvalue weighted by molar-refractivity contribution is 0.0785. The predicted octanol–water partition coefficient (Wildman–Crippen LogP) is 1.36. The zero-order valence-corrected chi connectivity index (χ0v) is 11.3. The van der Waals surface area contributed by atoms with E-state index in [1.54, 1.807) is 18.5 Å². The Labute approximate surface area is 113 Å². The van der Waals surface area contributed by atoms with Crippen LogP contribution in [0.2, 0.25) is 0 Å². The smallest absolute Gasteiger partial charge is 0.256 e. The Morgan fingerprint density at radius 1 is 1.63 bits per heavy atom. The summed E-state index contributed by atoms with van der Waals surface area (Å²) in [5, 5.41) is 12.1. The number of anilines is 1. The summed E-state index contributed by atoms with van der Waals surface area (Å²) in [7, 11) is 0. The van der Waals surface area contributed by atoms with Gasteiger partial charge in [0.1, 0.15) is 0 Å². The number of likely N-dealkylation sites (tertiary alicyclic amines) is 1. The Kier molecular flexibility index (Phi) is 4.74. The van der Waals surface area contributed by atoms with Crippen molar-refractivity contribution in [2.75, 3.05) is 31.6 Å². The molecule has 1 aliphatic rings. The molecule has 0 aliphatic carbocycles. The summed E-state index contributed by atoms with van der Waals surface area (Å²) in [4.78, 5) is 18.4. The molecule has 0 spiro atoms. The highest BCUT2D eigenvalue weighted by atomic mass is 16.3. The van der Waals surface area contributed by atoms with Gasteiger partial charge in [-0.15, -0.1) is 0 Å². The Hall–Kier alpha value is -1.62. The van der Waals surface area contributed by atoms with Crippen LogP contribution >= 0.6 is 0 Å². The Balaban J connectivity index is 2.08. The van der Waals surface area contributed by atoms with Gasteiger partial charge in [-0.3, -0.25) is 9.78 Å². The summed E-state index contributed by atoms with van der Waals surface area (Å²) in [6.07, 6.45) is 5.10. The van der Waals surface area contributed by atoms with Gasteiger partial charge in [0.2, 0.25) is 0 Å². The lowest BCUT2D eigenvalue weighted by Gasteiger charge is -2.18. The molecule has 1 fully saturated rings. The molecule has 104 valence electrons. The number of hydrogen-bond acceptors (Lipinski definition) is 4. The molecule has 1 aromatic rings. The van der Waals surface area contributed by atoms with E-state index in [4.69, 9.17) is 5.11 Å². The van der Waals surface area contributed by atoms with Gasteiger partial charge < -0.3 is 15.3 Å². The average Bonchev–Trinajstić information content (AvgIpc) is 2.88. The van der Waals surface area contributed by atoms with Crippen LogP contribution in [0.1, 0.15) is 30.1 Å². The highest BCUT2D eigenvalue weighted by molar-refractivity contribution is 5.99. The first-order valence-corrected chi connectivity index (χ1v) is 6.84. The van der Waals surface area contributed by atoms with Crippen LogP contribution in [0.5, 0.6) is 0 Å². The number of nitrogens with one attached hydrogen (secondary N) is 1. The van der Waals surface area contributed by atoms with Crippen LogP contribution < -0.4 is 5.32 Å². The molecule has 0 bridgehead atoms. The van der Waals surface area contributed by atoms with Crippen LogP contribution in [0.3, 0.4) is 0 Å². The van der Waals surface area contributed by atoms with Gasteiger partial charge in [0.05, 0.1) is 17.4 Å². The molecule has 2 heterocycles. The molecule has 1 saturated heterocycles. The molecule has 1 aliphatic heterocycles. The van der Waals surface area contributed by atoms with E-state index in [1.165, 1.54) is 0 Å². The molecular weight excluding hydrogens is 242 g/mol. The van der Waals surface area contributed by atoms with Crippen molar-refractivity contribution in [1.29, 1.82) is 0 Å². The largest absolute Gasteiger partial charge is 0.396 e. The molecule has 1 amide bonds. The zero-order chi connectivity index (χ0) is 13.7. The fourth-order valence-electron chi connectivity index (χ4n) is 2.52. The Morgan fingerprint density at radius 2 is 2.47 bits per heavy atom. The minimum atomic E-state index is 0.0544. The van der Waals surface area contributed by atoms with Crippen molar-refractivity contribution >= 4 is 11.6 Å². The third-order valence-corrected chi connectivity index (χ3v) is 3.53. The van der Waals surface area contributed by atoms with E-state index >= 15 is 0 Å². The second-order valence-electron chi connectivity index (χ2n) is 4.87. The summed E-state index contributed by atoms with van der Waals surface area (Å²) < 4.78 is 0. The maximum atomic E-state index is 12.5. The first-order valence-electron chi connectivity index (χ1n) is 6.84. The van der Waals surface area contributed by atoms with E-state index in [-0.39, 0.29) is 12.5 Å². The maximum Gasteiger partial charge on any atom is 0.256 e. The van der Waals surface area contributed by atoms with Crippen LogP contribution in [0, 0.1) is 5.92 Å². The summed E-state index contributed by atoms with van der Waals surface area (Å²) in [6, 6.07) is 1.76. The van der Waals surface area contributed by atoms with Gasteiger partial charge in [-0.25, -0.2) is 0 Å². The van der Waals surface area contributed by atoms with Gasteiger partial charge in [-0.2, -0.15) is 0 Å². The van der Waals surface area contributed by atoms with Gasteiger partial charge in [-0.05, 0) is 31.7 Å². The Morgan fingerprint density at radius 3 is 3.21 bits per heavy atom. The first kappa shape index (κ1) is 13.8. The van der Waals surface area contributed by atoms with Crippen molar-refractivity contribution in [3.05, 3.63) is 24.0 Å². The predicted molar refractivity (Wildman–Crippen MR) is 74.1 cm³/mol. The number of carbonyl (C=O) groups is 1. The normalized spacial score (nSPS) is 18.6. The van der Waals surface area contributed by atoms with E-state index in [9.17, 15) is 4.79 Å². The van der Waals surface area contributed by atoms with E-state index in [1.807, 2.05) is 11.8 Å². The van der Waals surface area contributed by atoms with E-state index in [0.29, 0.717) is 11.5 Å². The summed E-state index contributed by atoms with van der Waals surface area (Å²) in [5.74, 6) is 0.483. The van der Waals surface area contributed by atoms with Gasteiger partial charge in [-0.1, -0.05) is 0 Å². The number of pyridine rings is 1. The molecule has 19 heavy (non-hydrogen) atoms. The highest BCUT2D eigenvalue weighted by Crippen LogP contribution is 2.23. The van der Waals surface area contributed by atoms with Gasteiger partial charge in [0.25, 0.3) is 5.91 Å². The summed E-state index contributed by atoms with van der Waals surface area (Å²) in [6.45, 7) is 4.47. The molecule has 0 aromatic carbocycles. The molecule has 2 N–H and O–H groups in total. The van der Waals surface area contributed by atoms with Crippen molar-refractivity contribution in [1.82, 2.24) is 9.88 Å². The van der Waals surface area contributed by atoms with Crippen molar-refractivity contribution in [3.8, 4) is 0 Å². The second-order valence-corrected chi connectivity index (χ2v) is 4.87. The average molecular weight is 263 g/mol. The molecule has 2 rings (SSSR count). The lowest BCUT2D eigenvalue weighted by Crippen LogP contribution is -2.29. The topological polar surface area (TPSA) is 65.5 Å². The van der Waals surface area contributed by atoms with E-state index in [2.05, 4.69) is 10.3 Å². The number of aliphatic hydroxyl groups is 1. The maximum absolute atomic E-state index is 12.5. The number of rotatable bonds is 5. The molecule has 0 radical (unpaired) electrons. The van der Waals surface area contributed by atoms with Crippen LogP contribution in [0.25, 0.3) is 0 Å². The van der Waals surface area contributed by atoms with Crippen LogP contribution in [-0.2, 0) is 0 Å². The van der Waals surface area contributed by atoms with E-state index < -0.39 is 0 Å². The van der Waals surface area contributed by atoms with E-state index in [0.717, 1.165) is 38.2 Å². The van der Waals surface area contributed by atoms with Crippen LogP contribution in [-0.4, -0.2) is 47.1 Å². The number of nitrogens with zero attached hydrogens (tertiary/aromatic N) is 2. The zero-order valence-electron chi connectivity index (χ0n) is 11.3. The van der Waals surface area contributed by atoms with Crippen molar-refractivity contribution in [2.45, 2.75) is 19.8 Å². The third-order valence-electron chi connectivity index (χ3n) is 3.53. The number of aliphatic hydroxyl groups excluding tert-OH is 1. The number of hydrogen-bond donors (Lipinski definition) is 2. The first-order chi connectivity index (χ1) is 9.26. The fraction of sp³-hybridized carbons (Fsp3) is 0.571. The third kappa shape index (κ3) is 3.23. The van der Waals surface area contributed by atoms with Crippen LogP contribution in [0.15, 0.2) is 18.5 Å². The van der Waals surface area contributed by atoms with Crippen molar-refractivity contribution in [2.24, 2.45) is 5.92 Å². The van der Waals surface area contributed by atoms with Crippen LogP contribution in [0.4, 0.5) is 5.69 Å². The fourth-order valence-corrected chi connectivity index (χ4v) is 2.52. The minimum Gasteiger partial charge on any atom is -0.396 e. The lowest BCUT2D eigenvalue weighted by atomic mass is 10.1.